The van der Waals surface area contributed by atoms with Gasteiger partial charge in [0.25, 0.3) is 0 Å². The lowest BCUT2D eigenvalue weighted by Crippen LogP contribution is -1.97. The number of ether oxygens (including phenoxy) is 1. The highest BCUT2D eigenvalue weighted by Gasteiger charge is 2.20. The van der Waals surface area contributed by atoms with E-state index in [4.69, 9.17) is 4.74 Å². The zero-order valence-corrected chi connectivity index (χ0v) is 6.71. The summed E-state index contributed by atoms with van der Waals surface area (Å²) in [4.78, 5) is 0. The molecule has 1 atom stereocenters. The molecule has 1 aliphatic rings. The molecule has 1 heterocycles. The third-order valence-corrected chi connectivity index (χ3v) is 2.29. The van der Waals surface area contributed by atoms with Gasteiger partial charge in [0, 0.05) is 11.5 Å². The van der Waals surface area contributed by atoms with Gasteiger partial charge in [-0.1, -0.05) is 25.1 Å². The molecule has 1 nitrogen and oxygen atoms in total. The maximum atomic E-state index is 5.50. The fourth-order valence-electron chi connectivity index (χ4n) is 1.57. The second-order valence-corrected chi connectivity index (χ2v) is 2.95. The van der Waals surface area contributed by atoms with E-state index in [0.717, 1.165) is 12.4 Å². The molecule has 2 rings (SSSR count). The zero-order valence-electron chi connectivity index (χ0n) is 6.71. The average Bonchev–Trinajstić information content (AvgIpc) is 2.47. The minimum Gasteiger partial charge on any atom is -0.493 e. The summed E-state index contributed by atoms with van der Waals surface area (Å²) in [6, 6.07) is 8.31. The second kappa shape index (κ2) is 2.57. The molecule has 0 unspecified atom stereocenters. The second-order valence-electron chi connectivity index (χ2n) is 2.95. The van der Waals surface area contributed by atoms with Gasteiger partial charge in [-0.3, -0.25) is 0 Å². The lowest BCUT2D eigenvalue weighted by atomic mass is 9.99. The summed E-state index contributed by atoms with van der Waals surface area (Å²) in [5, 5.41) is 0. The van der Waals surface area contributed by atoms with Crippen molar-refractivity contribution < 1.29 is 4.74 Å². The van der Waals surface area contributed by atoms with Gasteiger partial charge in [-0.2, -0.15) is 0 Å². The van der Waals surface area contributed by atoms with Crippen LogP contribution < -0.4 is 4.74 Å². The van der Waals surface area contributed by atoms with Crippen LogP contribution in [0.2, 0.25) is 0 Å². The summed E-state index contributed by atoms with van der Waals surface area (Å²) in [5.74, 6) is 1.71. The van der Waals surface area contributed by atoms with Gasteiger partial charge >= 0.3 is 0 Å². The molecule has 0 saturated carbocycles. The molecule has 0 amide bonds. The normalized spacial score (nSPS) is 21.0. The topological polar surface area (TPSA) is 9.23 Å². The maximum absolute atomic E-state index is 5.50. The Hall–Kier alpha value is -0.980. The average molecular weight is 148 g/mol. The summed E-state index contributed by atoms with van der Waals surface area (Å²) < 4.78 is 5.50. The number of hydrogen-bond acceptors (Lipinski definition) is 1. The Morgan fingerprint density at radius 1 is 1.45 bits per heavy atom. The minimum atomic E-state index is 0.631. The molecule has 1 aromatic carbocycles. The molecule has 11 heavy (non-hydrogen) atoms. The van der Waals surface area contributed by atoms with Crippen molar-refractivity contribution >= 4 is 0 Å². The van der Waals surface area contributed by atoms with Gasteiger partial charge in [0.2, 0.25) is 0 Å². The molecule has 0 aromatic heterocycles. The van der Waals surface area contributed by atoms with E-state index >= 15 is 0 Å². The van der Waals surface area contributed by atoms with Gasteiger partial charge in [-0.15, -0.1) is 0 Å². The van der Waals surface area contributed by atoms with E-state index in [-0.39, 0.29) is 0 Å². The number of benzene rings is 1. The first-order valence-electron chi connectivity index (χ1n) is 4.13. The van der Waals surface area contributed by atoms with Crippen LogP contribution in [0.1, 0.15) is 24.8 Å². The molecule has 0 aliphatic carbocycles. The SMILES string of the molecule is CC[C@H]1COc2ccccc21. The molecule has 0 saturated heterocycles. The van der Waals surface area contributed by atoms with Crippen molar-refractivity contribution in [1.82, 2.24) is 0 Å². The fourth-order valence-corrected chi connectivity index (χ4v) is 1.57. The van der Waals surface area contributed by atoms with Crippen molar-refractivity contribution in [2.75, 3.05) is 6.61 Å². The Balaban J connectivity index is 2.39. The van der Waals surface area contributed by atoms with E-state index in [2.05, 4.69) is 19.1 Å². The summed E-state index contributed by atoms with van der Waals surface area (Å²) in [6.45, 7) is 3.08. The van der Waals surface area contributed by atoms with Gasteiger partial charge in [0.15, 0.2) is 0 Å². The Bertz CT molecular complexity index is 255. The molecule has 0 fully saturated rings. The van der Waals surface area contributed by atoms with Crippen molar-refractivity contribution in [3.05, 3.63) is 29.8 Å². The number of hydrogen-bond donors (Lipinski definition) is 0. The molecule has 0 N–H and O–H groups in total. The van der Waals surface area contributed by atoms with Crippen molar-refractivity contribution in [2.45, 2.75) is 19.3 Å². The van der Waals surface area contributed by atoms with E-state index < -0.39 is 0 Å². The molecular formula is C10H12O. The predicted molar refractivity (Wildman–Crippen MR) is 45.0 cm³/mol. The Morgan fingerprint density at radius 3 is 3.09 bits per heavy atom. The summed E-state index contributed by atoms with van der Waals surface area (Å²) in [6.07, 6.45) is 1.18. The molecule has 1 heteroatoms. The number of para-hydroxylation sites is 1. The van der Waals surface area contributed by atoms with E-state index in [1.165, 1.54) is 12.0 Å². The molecule has 58 valence electrons. The van der Waals surface area contributed by atoms with E-state index in [0.29, 0.717) is 5.92 Å². The molecule has 0 radical (unpaired) electrons. The van der Waals surface area contributed by atoms with Gasteiger partial charge in [-0.25, -0.2) is 0 Å². The molecule has 0 spiro atoms. The fraction of sp³-hybridized carbons (Fsp3) is 0.400. The molecule has 0 bridgehead atoms. The smallest absolute Gasteiger partial charge is 0.122 e. The highest BCUT2D eigenvalue weighted by atomic mass is 16.5. The predicted octanol–water partition coefficient (Wildman–Crippen LogP) is 2.57. The van der Waals surface area contributed by atoms with Crippen LogP contribution in [0.3, 0.4) is 0 Å². The summed E-state index contributed by atoms with van der Waals surface area (Å²) in [7, 11) is 0. The van der Waals surface area contributed by atoms with E-state index in [1.807, 2.05) is 12.1 Å². The maximum Gasteiger partial charge on any atom is 0.122 e. The monoisotopic (exact) mass is 148 g/mol. The zero-order chi connectivity index (χ0) is 7.68. The highest BCUT2D eigenvalue weighted by molar-refractivity contribution is 5.39. The first-order valence-corrected chi connectivity index (χ1v) is 4.13. The van der Waals surface area contributed by atoms with Crippen LogP contribution in [0, 0.1) is 0 Å². The lowest BCUT2D eigenvalue weighted by Gasteiger charge is -2.01. The van der Waals surface area contributed by atoms with Crippen LogP contribution in [0.25, 0.3) is 0 Å². The van der Waals surface area contributed by atoms with Crippen LogP contribution in [-0.4, -0.2) is 6.61 Å². The molecule has 1 aromatic rings. The third kappa shape index (κ3) is 1.01. The Morgan fingerprint density at radius 2 is 2.27 bits per heavy atom. The lowest BCUT2D eigenvalue weighted by molar-refractivity contribution is 0.328. The quantitative estimate of drug-likeness (QED) is 0.594. The minimum absolute atomic E-state index is 0.631. The number of rotatable bonds is 1. The first kappa shape index (κ1) is 6.71. The Kier molecular flexibility index (Phi) is 1.57. The molecule has 1 aliphatic heterocycles. The van der Waals surface area contributed by atoms with Gasteiger partial charge < -0.3 is 4.74 Å². The van der Waals surface area contributed by atoms with Crippen LogP contribution in [0.15, 0.2) is 24.3 Å². The summed E-state index contributed by atoms with van der Waals surface area (Å²) >= 11 is 0. The summed E-state index contributed by atoms with van der Waals surface area (Å²) in [5.41, 5.74) is 1.38. The highest BCUT2D eigenvalue weighted by Crippen LogP contribution is 2.34. The number of fused-ring (bicyclic) bond motifs is 1. The van der Waals surface area contributed by atoms with Crippen LogP contribution in [0.4, 0.5) is 0 Å². The van der Waals surface area contributed by atoms with Gasteiger partial charge in [-0.05, 0) is 12.5 Å². The van der Waals surface area contributed by atoms with Crippen LogP contribution >= 0.6 is 0 Å². The molecular weight excluding hydrogens is 136 g/mol. The van der Waals surface area contributed by atoms with E-state index in [1.54, 1.807) is 0 Å². The standard InChI is InChI=1S/C10H12O/c1-2-8-7-11-10-6-4-3-5-9(8)10/h3-6,8H,2,7H2,1H3/t8-/m0/s1. The van der Waals surface area contributed by atoms with Gasteiger partial charge in [0.1, 0.15) is 5.75 Å². The van der Waals surface area contributed by atoms with Crippen molar-refractivity contribution in [3.63, 3.8) is 0 Å². The van der Waals surface area contributed by atoms with Crippen molar-refractivity contribution in [2.24, 2.45) is 0 Å². The van der Waals surface area contributed by atoms with E-state index in [9.17, 15) is 0 Å². The largest absolute Gasteiger partial charge is 0.493 e. The van der Waals surface area contributed by atoms with Crippen molar-refractivity contribution in [1.29, 1.82) is 0 Å². The van der Waals surface area contributed by atoms with Crippen LogP contribution in [-0.2, 0) is 0 Å². The van der Waals surface area contributed by atoms with Crippen LogP contribution in [0.5, 0.6) is 5.75 Å². The third-order valence-electron chi connectivity index (χ3n) is 2.29. The van der Waals surface area contributed by atoms with Crippen molar-refractivity contribution in [3.8, 4) is 5.75 Å². The Labute approximate surface area is 67.0 Å². The first-order chi connectivity index (χ1) is 5.42. The van der Waals surface area contributed by atoms with Gasteiger partial charge in [0.05, 0.1) is 6.61 Å².